The lowest BCUT2D eigenvalue weighted by Crippen LogP contribution is -2.03. The average Bonchev–Trinajstić information content (AvgIpc) is 2.84. The quantitative estimate of drug-likeness (QED) is 0.757. The van der Waals surface area contributed by atoms with Crippen LogP contribution >= 0.6 is 0 Å². The van der Waals surface area contributed by atoms with Crippen LogP contribution in [-0.2, 0) is 5.60 Å². The summed E-state index contributed by atoms with van der Waals surface area (Å²) >= 11 is 0. The Kier molecular flexibility index (Phi) is 1.63. The minimum Gasteiger partial charge on any atom is -0.385 e. The summed E-state index contributed by atoms with van der Waals surface area (Å²) in [7, 11) is 0. The van der Waals surface area contributed by atoms with Crippen LogP contribution in [0.4, 0.5) is 0 Å². The lowest BCUT2D eigenvalue weighted by molar-refractivity contribution is 0.151. The van der Waals surface area contributed by atoms with Gasteiger partial charge in [0.25, 0.3) is 0 Å². The summed E-state index contributed by atoms with van der Waals surface area (Å²) in [6, 6.07) is 7.63. The van der Waals surface area contributed by atoms with Gasteiger partial charge < -0.3 is 5.11 Å². The molecule has 0 amide bonds. The molecule has 1 saturated carbocycles. The largest absolute Gasteiger partial charge is 0.385 e. The van der Waals surface area contributed by atoms with E-state index in [0.717, 1.165) is 24.0 Å². The van der Waals surface area contributed by atoms with Gasteiger partial charge in [0, 0.05) is 5.56 Å². The number of nitrogens with zero attached hydrogens (tertiary/aromatic N) is 3. The molecule has 1 aliphatic rings. The highest BCUT2D eigenvalue weighted by Gasteiger charge is 2.41. The fourth-order valence-electron chi connectivity index (χ4n) is 1.62. The van der Waals surface area contributed by atoms with Crippen molar-refractivity contribution < 1.29 is 5.11 Å². The fraction of sp³-hybridized carbons (Fsp3) is 0.300. The highest BCUT2D eigenvalue weighted by molar-refractivity contribution is 5.54. The Balaban J connectivity index is 1.94. The fourth-order valence-corrected chi connectivity index (χ4v) is 1.62. The Labute approximate surface area is 86.1 Å². The predicted molar refractivity (Wildman–Crippen MR) is 52.7 cm³/mol. The van der Waals surface area contributed by atoms with Gasteiger partial charge in [-0.05, 0) is 23.6 Å². The third-order valence-corrected chi connectivity index (χ3v) is 2.75. The zero-order valence-electron chi connectivity index (χ0n) is 8.01. The van der Waals surface area contributed by atoms with Crippen molar-refractivity contribution >= 4 is 0 Å². The Morgan fingerprint density at radius 1 is 1.20 bits per heavy atom. The minimum absolute atomic E-state index is 0.573. The number of rotatable bonds is 2. The standard InChI is InChI=1S/C10H10N4O/c15-10(5-6-10)8-3-1-7(2-4-8)9-11-13-14-12-9/h1-4,15H,5-6H2,(H,11,12,13,14). The number of benzene rings is 1. The molecular formula is C10H10N4O. The van der Waals surface area contributed by atoms with Crippen LogP contribution < -0.4 is 0 Å². The molecule has 5 heteroatoms. The molecule has 0 radical (unpaired) electrons. The second-order valence-corrected chi connectivity index (χ2v) is 3.84. The van der Waals surface area contributed by atoms with Crippen LogP contribution in [0.25, 0.3) is 11.4 Å². The molecule has 1 aliphatic carbocycles. The molecule has 0 bridgehead atoms. The first-order valence-electron chi connectivity index (χ1n) is 4.85. The zero-order chi connectivity index (χ0) is 10.3. The summed E-state index contributed by atoms with van der Waals surface area (Å²) in [5, 5.41) is 23.5. The van der Waals surface area contributed by atoms with Crippen LogP contribution in [0.2, 0.25) is 0 Å². The number of tetrazole rings is 1. The van der Waals surface area contributed by atoms with Crippen molar-refractivity contribution in [1.29, 1.82) is 0 Å². The van der Waals surface area contributed by atoms with Crippen molar-refractivity contribution in [2.75, 3.05) is 0 Å². The second kappa shape index (κ2) is 2.87. The summed E-state index contributed by atoms with van der Waals surface area (Å²) in [6.45, 7) is 0. The molecule has 0 atom stereocenters. The van der Waals surface area contributed by atoms with E-state index in [2.05, 4.69) is 20.6 Å². The van der Waals surface area contributed by atoms with Gasteiger partial charge >= 0.3 is 0 Å². The molecule has 2 N–H and O–H groups in total. The second-order valence-electron chi connectivity index (χ2n) is 3.84. The number of aromatic nitrogens is 4. The molecule has 76 valence electrons. The highest BCUT2D eigenvalue weighted by Crippen LogP contribution is 2.45. The zero-order valence-corrected chi connectivity index (χ0v) is 8.01. The van der Waals surface area contributed by atoms with Crippen LogP contribution in [0.5, 0.6) is 0 Å². The van der Waals surface area contributed by atoms with Gasteiger partial charge in [-0.2, -0.15) is 5.21 Å². The topological polar surface area (TPSA) is 74.7 Å². The first-order valence-corrected chi connectivity index (χ1v) is 4.85. The molecule has 0 saturated heterocycles. The Morgan fingerprint density at radius 3 is 2.47 bits per heavy atom. The Bertz CT molecular complexity index is 459. The third-order valence-electron chi connectivity index (χ3n) is 2.75. The highest BCUT2D eigenvalue weighted by atomic mass is 16.3. The van der Waals surface area contributed by atoms with Crippen LogP contribution in [-0.4, -0.2) is 25.7 Å². The molecule has 0 aliphatic heterocycles. The van der Waals surface area contributed by atoms with Crippen LogP contribution in [0.1, 0.15) is 18.4 Å². The number of aromatic amines is 1. The van der Waals surface area contributed by atoms with Crippen molar-refractivity contribution in [3.8, 4) is 11.4 Å². The van der Waals surface area contributed by atoms with E-state index in [0.29, 0.717) is 5.82 Å². The van der Waals surface area contributed by atoms with Gasteiger partial charge in [0.05, 0.1) is 5.60 Å². The van der Waals surface area contributed by atoms with Crippen molar-refractivity contribution in [2.24, 2.45) is 0 Å². The van der Waals surface area contributed by atoms with Gasteiger partial charge in [0.1, 0.15) is 0 Å². The number of nitrogens with one attached hydrogen (secondary N) is 1. The van der Waals surface area contributed by atoms with Gasteiger partial charge in [-0.3, -0.25) is 0 Å². The van der Waals surface area contributed by atoms with Crippen LogP contribution in [0.3, 0.4) is 0 Å². The third kappa shape index (κ3) is 1.41. The van der Waals surface area contributed by atoms with Gasteiger partial charge in [-0.25, -0.2) is 0 Å². The van der Waals surface area contributed by atoms with E-state index in [1.807, 2.05) is 24.3 Å². The van der Waals surface area contributed by atoms with Gasteiger partial charge in [0.15, 0.2) is 0 Å². The van der Waals surface area contributed by atoms with Crippen molar-refractivity contribution in [3.63, 3.8) is 0 Å². The molecule has 15 heavy (non-hydrogen) atoms. The molecule has 1 heterocycles. The van der Waals surface area contributed by atoms with Gasteiger partial charge in [-0.1, -0.05) is 24.3 Å². The molecule has 1 aromatic heterocycles. The molecule has 0 unspecified atom stereocenters. The maximum atomic E-state index is 9.87. The predicted octanol–water partition coefficient (Wildman–Crippen LogP) is 0.848. The van der Waals surface area contributed by atoms with E-state index in [9.17, 15) is 5.11 Å². The minimum atomic E-state index is -0.574. The number of H-pyrrole nitrogens is 1. The van der Waals surface area contributed by atoms with Crippen LogP contribution in [0, 0.1) is 0 Å². The summed E-state index contributed by atoms with van der Waals surface area (Å²) in [5.74, 6) is 0.573. The molecule has 3 rings (SSSR count). The molecule has 5 nitrogen and oxygen atoms in total. The summed E-state index contributed by atoms with van der Waals surface area (Å²) in [5.41, 5.74) is 1.29. The van der Waals surface area contributed by atoms with E-state index < -0.39 is 5.60 Å². The smallest absolute Gasteiger partial charge is 0.204 e. The van der Waals surface area contributed by atoms with Gasteiger partial charge in [0.2, 0.25) is 5.82 Å². The first-order chi connectivity index (χ1) is 7.28. The Hall–Kier alpha value is -1.75. The lowest BCUT2D eigenvalue weighted by Gasteiger charge is -2.07. The maximum Gasteiger partial charge on any atom is 0.204 e. The van der Waals surface area contributed by atoms with E-state index in [-0.39, 0.29) is 0 Å². The number of hydrogen-bond donors (Lipinski definition) is 2. The van der Waals surface area contributed by atoms with Crippen molar-refractivity contribution in [2.45, 2.75) is 18.4 Å². The van der Waals surface area contributed by atoms with Crippen LogP contribution in [0.15, 0.2) is 24.3 Å². The number of aliphatic hydroxyl groups is 1. The summed E-state index contributed by atoms with van der Waals surface area (Å²) in [4.78, 5) is 0. The van der Waals surface area contributed by atoms with Crippen molar-refractivity contribution in [3.05, 3.63) is 29.8 Å². The van der Waals surface area contributed by atoms with Crippen molar-refractivity contribution in [1.82, 2.24) is 20.6 Å². The van der Waals surface area contributed by atoms with Gasteiger partial charge in [-0.15, -0.1) is 10.2 Å². The summed E-state index contributed by atoms with van der Waals surface area (Å²) < 4.78 is 0. The molecule has 1 fully saturated rings. The van der Waals surface area contributed by atoms with E-state index in [1.54, 1.807) is 0 Å². The average molecular weight is 202 g/mol. The normalized spacial score (nSPS) is 17.7. The molecule has 0 spiro atoms. The lowest BCUT2D eigenvalue weighted by atomic mass is 10.1. The summed E-state index contributed by atoms with van der Waals surface area (Å²) in [6.07, 6.45) is 1.71. The molecule has 2 aromatic rings. The number of hydrogen-bond acceptors (Lipinski definition) is 4. The monoisotopic (exact) mass is 202 g/mol. The van der Waals surface area contributed by atoms with E-state index >= 15 is 0 Å². The Morgan fingerprint density at radius 2 is 1.93 bits per heavy atom. The molecule has 1 aromatic carbocycles. The maximum absolute atomic E-state index is 9.87. The van der Waals surface area contributed by atoms with E-state index in [4.69, 9.17) is 0 Å². The molecular weight excluding hydrogens is 192 g/mol. The first kappa shape index (κ1) is 8.55. The SMILES string of the molecule is OC1(c2ccc(-c3nn[nH]n3)cc2)CC1. The van der Waals surface area contributed by atoms with E-state index in [1.165, 1.54) is 0 Å².